The number of halogens is 2. The highest BCUT2D eigenvalue weighted by atomic mass is 35.5. The summed E-state index contributed by atoms with van der Waals surface area (Å²) in [6, 6.07) is 5.22. The van der Waals surface area contributed by atoms with Gasteiger partial charge in [-0.15, -0.1) is 0 Å². The van der Waals surface area contributed by atoms with Gasteiger partial charge in [0.15, 0.2) is 10.8 Å². The van der Waals surface area contributed by atoms with Crippen LogP contribution in [-0.2, 0) is 4.74 Å². The molecule has 1 saturated carbocycles. The zero-order chi connectivity index (χ0) is 23.4. The molecular formula is C24H24ClFN6OS. The second-order valence-electron chi connectivity index (χ2n) is 9.16. The number of rotatable bonds is 5. The number of hydrogen-bond donors (Lipinski definition) is 0. The van der Waals surface area contributed by atoms with Crippen molar-refractivity contribution in [1.29, 1.82) is 0 Å². The summed E-state index contributed by atoms with van der Waals surface area (Å²) in [6.07, 6.45) is 7.88. The Bertz CT molecular complexity index is 1370. The van der Waals surface area contributed by atoms with Gasteiger partial charge in [0.2, 0.25) is 0 Å². The number of thiazole rings is 1. The van der Waals surface area contributed by atoms with Crippen molar-refractivity contribution >= 4 is 38.4 Å². The van der Waals surface area contributed by atoms with E-state index in [1.54, 1.807) is 12.1 Å². The first kappa shape index (κ1) is 21.9. The highest BCUT2D eigenvalue weighted by molar-refractivity contribution is 7.22. The van der Waals surface area contributed by atoms with Crippen LogP contribution >= 0.6 is 22.9 Å². The topological polar surface area (TPSA) is 69.0 Å². The van der Waals surface area contributed by atoms with Gasteiger partial charge in [0.25, 0.3) is 0 Å². The van der Waals surface area contributed by atoms with Crippen molar-refractivity contribution in [1.82, 2.24) is 24.7 Å². The molecule has 0 radical (unpaired) electrons. The third-order valence-corrected chi connectivity index (χ3v) is 7.85. The number of aromatic nitrogens is 5. The van der Waals surface area contributed by atoms with Crippen molar-refractivity contribution < 1.29 is 9.13 Å². The Balaban J connectivity index is 1.39. The molecule has 0 N–H and O–H groups in total. The number of hydrogen-bond acceptors (Lipinski definition) is 7. The average Bonchev–Trinajstić information content (AvgIpc) is 3.38. The summed E-state index contributed by atoms with van der Waals surface area (Å²) >= 11 is 7.47. The minimum Gasteiger partial charge on any atom is -0.373 e. The summed E-state index contributed by atoms with van der Waals surface area (Å²) in [5.74, 6) is 0.344. The van der Waals surface area contributed by atoms with Crippen LogP contribution in [0.5, 0.6) is 0 Å². The van der Waals surface area contributed by atoms with Gasteiger partial charge in [0.1, 0.15) is 16.3 Å². The maximum absolute atomic E-state index is 15.0. The van der Waals surface area contributed by atoms with Gasteiger partial charge in [-0.2, -0.15) is 10.1 Å². The van der Waals surface area contributed by atoms with Crippen molar-refractivity contribution in [2.24, 2.45) is 0 Å². The van der Waals surface area contributed by atoms with Crippen molar-refractivity contribution in [2.75, 3.05) is 25.6 Å². The molecule has 7 nitrogen and oxygen atoms in total. The van der Waals surface area contributed by atoms with Gasteiger partial charge < -0.3 is 9.64 Å². The number of nitrogens with zero attached hydrogens (tertiary/aromatic N) is 6. The Morgan fingerprint density at radius 2 is 2.03 bits per heavy atom. The van der Waals surface area contributed by atoms with Crippen LogP contribution in [0.2, 0.25) is 5.02 Å². The van der Waals surface area contributed by atoms with E-state index in [4.69, 9.17) is 31.3 Å². The summed E-state index contributed by atoms with van der Waals surface area (Å²) in [7, 11) is 3.86. The zero-order valence-electron chi connectivity index (χ0n) is 18.9. The van der Waals surface area contributed by atoms with Crippen LogP contribution in [0.1, 0.15) is 55.1 Å². The molecule has 2 fully saturated rings. The lowest BCUT2D eigenvalue weighted by Gasteiger charge is -2.28. The van der Waals surface area contributed by atoms with E-state index in [9.17, 15) is 4.39 Å². The quantitative estimate of drug-likeness (QED) is 0.347. The highest BCUT2D eigenvalue weighted by Crippen LogP contribution is 2.41. The monoisotopic (exact) mass is 498 g/mol. The summed E-state index contributed by atoms with van der Waals surface area (Å²) < 4.78 is 23.9. The summed E-state index contributed by atoms with van der Waals surface area (Å²) in [5, 5.41) is 5.67. The summed E-state index contributed by atoms with van der Waals surface area (Å²) in [4.78, 5) is 16.4. The van der Waals surface area contributed by atoms with Gasteiger partial charge in [0, 0.05) is 49.0 Å². The lowest BCUT2D eigenvalue weighted by atomic mass is 9.92. The van der Waals surface area contributed by atoms with Gasteiger partial charge in [-0.25, -0.2) is 14.4 Å². The fourth-order valence-corrected chi connectivity index (χ4v) is 5.48. The predicted octanol–water partition coefficient (Wildman–Crippen LogP) is 5.78. The smallest absolute Gasteiger partial charge is 0.187 e. The molecule has 1 aliphatic carbocycles. The number of anilines is 1. The number of ether oxygens (including phenoxy) is 1. The van der Waals surface area contributed by atoms with Crippen LogP contribution in [-0.4, -0.2) is 45.4 Å². The average molecular weight is 499 g/mol. The molecule has 0 spiro atoms. The Kier molecular flexibility index (Phi) is 5.50. The standard InChI is InChI=1S/C24H24ClFN6OS/c1-31(2)24-30-23-21(34-24)20(17-6-3-15(25)10-18(17)26)28-22(29-23)13-7-8-33-19(9-13)14-11-27-32(12-14)16-4-5-16/h3,6,10-13,16,19H,4-5,7-9H2,1-2H3/t13-,19+/m0/s1. The molecule has 34 heavy (non-hydrogen) atoms. The Morgan fingerprint density at radius 1 is 1.18 bits per heavy atom. The first-order valence-corrected chi connectivity index (χ1v) is 12.6. The highest BCUT2D eigenvalue weighted by Gasteiger charge is 2.31. The maximum atomic E-state index is 15.0. The fourth-order valence-electron chi connectivity index (χ4n) is 4.39. The Labute approximate surface area is 205 Å². The van der Waals surface area contributed by atoms with Gasteiger partial charge >= 0.3 is 0 Å². The van der Waals surface area contributed by atoms with Crippen molar-refractivity contribution in [3.05, 3.63) is 52.8 Å². The molecule has 0 bridgehead atoms. The summed E-state index contributed by atoms with van der Waals surface area (Å²) in [6.45, 7) is 0.607. The lowest BCUT2D eigenvalue weighted by molar-refractivity contribution is 0.00396. The number of fused-ring (bicyclic) bond motifs is 1. The molecule has 0 amide bonds. The summed E-state index contributed by atoms with van der Waals surface area (Å²) in [5.41, 5.74) is 2.64. The predicted molar refractivity (Wildman–Crippen MR) is 131 cm³/mol. The minimum absolute atomic E-state index is 0.0611. The molecule has 2 aliphatic rings. The van der Waals surface area contributed by atoms with Crippen LogP contribution in [0.3, 0.4) is 0 Å². The molecule has 1 saturated heterocycles. The van der Waals surface area contributed by atoms with Gasteiger partial charge in [0.05, 0.1) is 24.0 Å². The molecular weight excluding hydrogens is 475 g/mol. The van der Waals surface area contributed by atoms with Gasteiger partial charge in [-0.3, -0.25) is 4.68 Å². The van der Waals surface area contributed by atoms with Crippen molar-refractivity contribution in [2.45, 2.75) is 43.7 Å². The van der Waals surface area contributed by atoms with E-state index in [1.807, 2.05) is 29.9 Å². The molecule has 3 aromatic heterocycles. The lowest BCUT2D eigenvalue weighted by Crippen LogP contribution is -2.20. The van der Waals surface area contributed by atoms with E-state index < -0.39 is 5.82 Å². The van der Waals surface area contributed by atoms with E-state index in [0.29, 0.717) is 40.4 Å². The van der Waals surface area contributed by atoms with E-state index in [-0.39, 0.29) is 12.0 Å². The van der Waals surface area contributed by atoms with Gasteiger partial charge in [-0.05, 0) is 43.9 Å². The normalized spacial score (nSPS) is 20.7. The van der Waals surface area contributed by atoms with Crippen molar-refractivity contribution in [3.63, 3.8) is 0 Å². The first-order valence-electron chi connectivity index (χ1n) is 11.4. The van der Waals surface area contributed by atoms with Crippen LogP contribution in [0.25, 0.3) is 21.6 Å². The molecule has 10 heteroatoms. The second kappa shape index (κ2) is 8.55. The van der Waals surface area contributed by atoms with E-state index in [1.165, 1.54) is 30.2 Å². The minimum atomic E-state index is -0.407. The third-order valence-electron chi connectivity index (χ3n) is 6.39. The van der Waals surface area contributed by atoms with E-state index in [0.717, 1.165) is 28.2 Å². The number of benzene rings is 1. The molecule has 6 rings (SSSR count). The molecule has 4 heterocycles. The van der Waals surface area contributed by atoms with Gasteiger partial charge in [-0.1, -0.05) is 22.9 Å². The van der Waals surface area contributed by atoms with Crippen LogP contribution < -0.4 is 4.90 Å². The van der Waals surface area contributed by atoms with E-state index in [2.05, 4.69) is 11.3 Å². The third kappa shape index (κ3) is 4.06. The Morgan fingerprint density at radius 3 is 2.79 bits per heavy atom. The molecule has 0 unspecified atom stereocenters. The zero-order valence-corrected chi connectivity index (χ0v) is 20.5. The SMILES string of the molecule is CN(C)c1nc2nc([C@H]3CCO[C@@H](c4cnn(C5CC5)c4)C3)nc(-c3ccc(Cl)cc3F)c2s1. The molecule has 1 aliphatic heterocycles. The molecule has 176 valence electrons. The van der Waals surface area contributed by atoms with E-state index >= 15 is 0 Å². The molecule has 4 aromatic rings. The largest absolute Gasteiger partial charge is 0.373 e. The fraction of sp³-hybridized carbons (Fsp3) is 0.417. The van der Waals surface area contributed by atoms with Crippen LogP contribution in [0, 0.1) is 5.82 Å². The molecule has 2 atom stereocenters. The van der Waals surface area contributed by atoms with Crippen LogP contribution in [0.15, 0.2) is 30.6 Å². The maximum Gasteiger partial charge on any atom is 0.187 e. The van der Waals surface area contributed by atoms with Crippen molar-refractivity contribution in [3.8, 4) is 11.3 Å². The Hall–Kier alpha value is -2.62. The van der Waals surface area contributed by atoms with Crippen LogP contribution in [0.4, 0.5) is 9.52 Å². The molecule has 1 aromatic carbocycles. The first-order chi connectivity index (χ1) is 16.5. The second-order valence-corrected chi connectivity index (χ2v) is 10.6.